The molecule has 0 spiro atoms. The fourth-order valence-electron chi connectivity index (χ4n) is 8.52. The van der Waals surface area contributed by atoms with Crippen LogP contribution < -0.4 is 10.9 Å². The van der Waals surface area contributed by atoms with E-state index in [4.69, 9.17) is 17.7 Å². The Morgan fingerprint density at radius 1 is 0.583 bits per heavy atom. The second-order valence-electron chi connectivity index (χ2n) is 14.4. The summed E-state index contributed by atoms with van der Waals surface area (Å²) in [4.78, 5) is 31.2. The number of likely N-dealkylation sites (tertiary alicyclic amines) is 2. The van der Waals surface area contributed by atoms with Gasteiger partial charge in [0.1, 0.15) is 33.9 Å². The molecule has 48 heavy (non-hydrogen) atoms. The van der Waals surface area contributed by atoms with Crippen molar-refractivity contribution in [3.63, 3.8) is 0 Å². The molecule has 6 heterocycles. The third-order valence-electron chi connectivity index (χ3n) is 11.4. The molecule has 0 unspecified atom stereocenters. The van der Waals surface area contributed by atoms with E-state index in [0.29, 0.717) is 35.0 Å². The van der Waals surface area contributed by atoms with E-state index in [2.05, 4.69) is 9.80 Å². The third-order valence-corrected chi connectivity index (χ3v) is 11.4. The maximum atomic E-state index is 13.2. The van der Waals surface area contributed by atoms with Crippen LogP contribution in [0, 0.1) is 39.5 Å². The predicted molar refractivity (Wildman–Crippen MR) is 189 cm³/mol. The maximum absolute atomic E-state index is 13.2. The van der Waals surface area contributed by atoms with Crippen LogP contribution in [-0.4, -0.2) is 36.0 Å². The van der Waals surface area contributed by atoms with Crippen molar-refractivity contribution in [1.29, 1.82) is 0 Å². The van der Waals surface area contributed by atoms with Crippen LogP contribution in [0.5, 0.6) is 0 Å². The van der Waals surface area contributed by atoms with Crippen molar-refractivity contribution in [2.45, 2.75) is 79.3 Å². The van der Waals surface area contributed by atoms with E-state index < -0.39 is 0 Å². The number of nitrogens with zero attached hydrogens (tertiary/aromatic N) is 2. The second-order valence-corrected chi connectivity index (χ2v) is 14.4. The predicted octanol–water partition coefficient (Wildman–Crippen LogP) is 8.53. The fourth-order valence-corrected chi connectivity index (χ4v) is 8.52. The minimum absolute atomic E-state index is 0.0265. The minimum atomic E-state index is 0.0265. The van der Waals surface area contributed by atoms with Gasteiger partial charge < -0.3 is 17.7 Å². The second kappa shape index (κ2) is 12.4. The highest BCUT2D eigenvalue weighted by molar-refractivity contribution is 6.01. The highest BCUT2D eigenvalue weighted by Gasteiger charge is 2.25. The van der Waals surface area contributed by atoms with Crippen molar-refractivity contribution in [3.05, 3.63) is 91.0 Å². The van der Waals surface area contributed by atoms with Gasteiger partial charge in [0.25, 0.3) is 0 Å². The molecule has 2 aromatic carbocycles. The van der Waals surface area contributed by atoms with E-state index in [9.17, 15) is 9.59 Å². The van der Waals surface area contributed by atoms with Gasteiger partial charge in [-0.05, 0) is 115 Å². The first-order chi connectivity index (χ1) is 23.2. The molecule has 2 saturated heterocycles. The van der Waals surface area contributed by atoms with E-state index in [1.807, 2.05) is 39.8 Å². The monoisotopic (exact) mass is 648 g/mol. The first-order valence-electron chi connectivity index (χ1n) is 17.6. The van der Waals surface area contributed by atoms with Crippen molar-refractivity contribution in [3.8, 4) is 0 Å². The van der Waals surface area contributed by atoms with Gasteiger partial charge in [0.05, 0.1) is 36.4 Å². The zero-order chi connectivity index (χ0) is 33.1. The van der Waals surface area contributed by atoms with Crippen LogP contribution in [0.1, 0.15) is 72.3 Å². The lowest BCUT2D eigenvalue weighted by Gasteiger charge is -2.34. The van der Waals surface area contributed by atoms with Crippen molar-refractivity contribution in [2.75, 3.05) is 26.2 Å². The molecule has 6 aromatic rings. The van der Waals surface area contributed by atoms with Crippen molar-refractivity contribution in [1.82, 2.24) is 9.80 Å². The van der Waals surface area contributed by atoms with Gasteiger partial charge in [-0.15, -0.1) is 0 Å². The Morgan fingerprint density at radius 3 is 1.38 bits per heavy atom. The fraction of sp³-hybridized carbons (Fsp3) is 0.450. The molecule has 2 aliphatic heterocycles. The Bertz CT molecular complexity index is 2110. The summed E-state index contributed by atoms with van der Waals surface area (Å²) in [6.45, 7) is 13.3. The van der Waals surface area contributed by atoms with E-state index in [1.165, 1.54) is 38.5 Å². The molecule has 0 N–H and O–H groups in total. The Balaban J connectivity index is 0.828. The number of hydrogen-bond acceptors (Lipinski definition) is 8. The highest BCUT2D eigenvalue weighted by atomic mass is 16.3. The molecule has 0 aliphatic carbocycles. The van der Waals surface area contributed by atoms with Crippen LogP contribution in [0.25, 0.3) is 43.9 Å². The van der Waals surface area contributed by atoms with Crippen molar-refractivity contribution < 1.29 is 17.7 Å². The Morgan fingerprint density at radius 2 is 0.979 bits per heavy atom. The molecule has 2 aliphatic rings. The lowest BCUT2D eigenvalue weighted by molar-refractivity contribution is 0.138. The summed E-state index contributed by atoms with van der Waals surface area (Å²) in [7, 11) is 0. The molecular formula is C40H44N2O6. The number of benzene rings is 2. The van der Waals surface area contributed by atoms with E-state index in [-0.39, 0.29) is 10.9 Å². The van der Waals surface area contributed by atoms with Crippen LogP contribution in [-0.2, 0) is 13.1 Å². The topological polar surface area (TPSA) is 93.2 Å². The Labute approximate surface area is 279 Å². The Hall–Kier alpha value is -4.14. The molecule has 4 aromatic heterocycles. The lowest BCUT2D eigenvalue weighted by Crippen LogP contribution is -2.35. The largest absolute Gasteiger partial charge is 0.464 e. The van der Waals surface area contributed by atoms with Gasteiger partial charge in [0.2, 0.25) is 0 Å². The highest BCUT2D eigenvalue weighted by Crippen LogP contribution is 2.34. The van der Waals surface area contributed by atoms with Crippen LogP contribution in [0.2, 0.25) is 0 Å². The van der Waals surface area contributed by atoms with Crippen LogP contribution >= 0.6 is 0 Å². The summed E-state index contributed by atoms with van der Waals surface area (Å²) in [5.74, 6) is 2.96. The van der Waals surface area contributed by atoms with Gasteiger partial charge >= 0.3 is 0 Å². The van der Waals surface area contributed by atoms with E-state index in [1.54, 1.807) is 24.7 Å². The van der Waals surface area contributed by atoms with E-state index >= 15 is 0 Å². The normalized spacial score (nSPS) is 17.5. The minimum Gasteiger partial charge on any atom is -0.464 e. The number of hydrogen-bond donors (Lipinski definition) is 0. The van der Waals surface area contributed by atoms with Gasteiger partial charge in [-0.2, -0.15) is 0 Å². The first-order valence-corrected chi connectivity index (χ1v) is 17.6. The molecular weight excluding hydrogens is 604 g/mol. The molecule has 2 fully saturated rings. The summed E-state index contributed by atoms with van der Waals surface area (Å²) in [6.07, 6.45) is 10.7. The number of piperidine rings is 2. The average molecular weight is 649 g/mol. The molecule has 8 nitrogen and oxygen atoms in total. The Kier molecular flexibility index (Phi) is 8.04. The molecule has 0 saturated carbocycles. The van der Waals surface area contributed by atoms with Crippen LogP contribution in [0.15, 0.2) is 64.0 Å². The molecule has 250 valence electrons. The summed E-state index contributed by atoms with van der Waals surface area (Å²) in [5.41, 5.74) is 6.58. The number of furan rings is 2. The number of fused-ring (bicyclic) bond motifs is 4. The summed E-state index contributed by atoms with van der Waals surface area (Å²) < 4.78 is 24.1. The lowest BCUT2D eigenvalue weighted by atomic mass is 9.85. The molecule has 0 amide bonds. The number of aryl methyl sites for hydroxylation is 4. The molecule has 8 heteroatoms. The summed E-state index contributed by atoms with van der Waals surface area (Å²) in [6, 6.07) is 7.22. The van der Waals surface area contributed by atoms with E-state index in [0.717, 1.165) is 93.7 Å². The summed E-state index contributed by atoms with van der Waals surface area (Å²) >= 11 is 0. The maximum Gasteiger partial charge on any atom is 0.193 e. The quantitative estimate of drug-likeness (QED) is 0.170. The van der Waals surface area contributed by atoms with Crippen molar-refractivity contribution >= 4 is 43.9 Å². The average Bonchev–Trinajstić information content (AvgIpc) is 3.78. The van der Waals surface area contributed by atoms with Gasteiger partial charge in [-0.1, -0.05) is 12.8 Å². The smallest absolute Gasteiger partial charge is 0.193 e. The van der Waals surface area contributed by atoms with Crippen LogP contribution in [0.4, 0.5) is 0 Å². The van der Waals surface area contributed by atoms with Crippen LogP contribution in [0.3, 0.4) is 0 Å². The van der Waals surface area contributed by atoms with Crippen molar-refractivity contribution in [2.24, 2.45) is 11.8 Å². The molecule has 0 atom stereocenters. The molecule has 8 rings (SSSR count). The zero-order valence-electron chi connectivity index (χ0n) is 28.4. The zero-order valence-corrected chi connectivity index (χ0v) is 28.4. The SMILES string of the molecule is Cc1c2occc2c(C)c2c(=O)cc(CN3CCC(CCC4CCN(Cc5cc(=O)c6c(C)c7ccoc7c(C)c6o5)CC4)CC3)oc12. The van der Waals surface area contributed by atoms with Gasteiger partial charge in [0.15, 0.2) is 10.9 Å². The number of rotatable bonds is 7. The van der Waals surface area contributed by atoms with Gasteiger partial charge in [0, 0.05) is 34.0 Å². The first kappa shape index (κ1) is 31.1. The summed E-state index contributed by atoms with van der Waals surface area (Å²) in [5, 5.41) is 3.28. The third kappa shape index (κ3) is 5.49. The van der Waals surface area contributed by atoms with Gasteiger partial charge in [-0.3, -0.25) is 19.4 Å². The standard InChI is InChI=1S/C40H44N2O6/c1-23-31-11-17-45-37(31)25(3)39-35(23)33(43)19-29(47-39)21-41-13-7-27(8-14-41)5-6-28-9-15-42(16-10-28)22-30-20-34(44)36-24(2)32-12-18-46-38(32)26(4)40(36)48-30/h11-12,17-20,27-28H,5-10,13-16,21-22H2,1-4H3. The molecule has 0 bridgehead atoms. The molecule has 0 radical (unpaired) electrons. The van der Waals surface area contributed by atoms with Gasteiger partial charge in [-0.25, -0.2) is 0 Å².